The Morgan fingerprint density at radius 1 is 1.39 bits per heavy atom. The molecule has 3 heterocycles. The third kappa shape index (κ3) is 2.46. The van der Waals surface area contributed by atoms with Crippen molar-refractivity contribution in [3.63, 3.8) is 0 Å². The van der Waals surface area contributed by atoms with Gasteiger partial charge < -0.3 is 14.7 Å². The predicted molar refractivity (Wildman–Crippen MR) is 72.7 cm³/mol. The van der Waals surface area contributed by atoms with E-state index in [1.807, 2.05) is 12.1 Å². The largest absolute Gasteiger partial charge is 0.467 e. The molecule has 8 heteroatoms. The standard InChI is InChI=1S/C10H8BrN5O.ClH/c11-10-15-7-8(13-5-14-9(7)16-10)12-4-6-2-1-3-17-6;/h1-3,5H,4H2,(H2,12,13,14,15,16);1H. The topological polar surface area (TPSA) is 79.6 Å². The van der Waals surface area contributed by atoms with Gasteiger partial charge in [-0.2, -0.15) is 0 Å². The van der Waals surface area contributed by atoms with E-state index in [-0.39, 0.29) is 12.4 Å². The molecular formula is C10H9BrClN5O. The van der Waals surface area contributed by atoms with Gasteiger partial charge in [-0.3, -0.25) is 0 Å². The van der Waals surface area contributed by atoms with E-state index in [1.165, 1.54) is 6.33 Å². The second kappa shape index (κ2) is 5.36. The molecule has 0 bridgehead atoms. The van der Waals surface area contributed by atoms with Crippen LogP contribution in [0.5, 0.6) is 0 Å². The summed E-state index contributed by atoms with van der Waals surface area (Å²) >= 11 is 3.27. The fourth-order valence-electron chi connectivity index (χ4n) is 1.52. The summed E-state index contributed by atoms with van der Waals surface area (Å²) in [4.78, 5) is 15.4. The highest BCUT2D eigenvalue weighted by Gasteiger charge is 2.08. The van der Waals surface area contributed by atoms with Crippen molar-refractivity contribution in [2.24, 2.45) is 0 Å². The summed E-state index contributed by atoms with van der Waals surface area (Å²) in [6.07, 6.45) is 3.11. The van der Waals surface area contributed by atoms with Crippen molar-refractivity contribution in [1.82, 2.24) is 19.9 Å². The molecule has 0 fully saturated rings. The van der Waals surface area contributed by atoms with Crippen LogP contribution in [0.25, 0.3) is 11.2 Å². The van der Waals surface area contributed by atoms with E-state index in [4.69, 9.17) is 4.42 Å². The second-order valence-electron chi connectivity index (χ2n) is 3.38. The molecule has 94 valence electrons. The molecule has 0 aliphatic heterocycles. The molecule has 0 spiro atoms. The molecule has 0 saturated carbocycles. The third-order valence-electron chi connectivity index (χ3n) is 2.27. The van der Waals surface area contributed by atoms with E-state index in [0.29, 0.717) is 22.7 Å². The number of fused-ring (bicyclic) bond motifs is 1. The summed E-state index contributed by atoms with van der Waals surface area (Å²) in [5.41, 5.74) is 1.39. The highest BCUT2D eigenvalue weighted by atomic mass is 79.9. The Labute approximate surface area is 117 Å². The van der Waals surface area contributed by atoms with Gasteiger partial charge in [0.1, 0.15) is 17.6 Å². The molecule has 0 saturated heterocycles. The van der Waals surface area contributed by atoms with Gasteiger partial charge in [-0.1, -0.05) is 0 Å². The molecule has 0 aliphatic carbocycles. The van der Waals surface area contributed by atoms with E-state index in [1.54, 1.807) is 6.26 Å². The SMILES string of the molecule is Brc1nc2ncnc(NCc3ccco3)c2[nH]1.Cl. The van der Waals surface area contributed by atoms with Gasteiger partial charge >= 0.3 is 0 Å². The number of anilines is 1. The zero-order valence-electron chi connectivity index (χ0n) is 9.05. The number of aromatic amines is 1. The van der Waals surface area contributed by atoms with Gasteiger partial charge in [-0.05, 0) is 28.1 Å². The van der Waals surface area contributed by atoms with Crippen molar-refractivity contribution in [3.05, 3.63) is 35.2 Å². The highest BCUT2D eigenvalue weighted by Crippen LogP contribution is 2.19. The molecule has 6 nitrogen and oxygen atoms in total. The number of furan rings is 1. The lowest BCUT2D eigenvalue weighted by Gasteiger charge is -2.03. The third-order valence-corrected chi connectivity index (χ3v) is 2.65. The number of hydrogen-bond acceptors (Lipinski definition) is 5. The second-order valence-corrected chi connectivity index (χ2v) is 4.13. The number of nitrogens with zero attached hydrogens (tertiary/aromatic N) is 3. The minimum atomic E-state index is 0. The van der Waals surface area contributed by atoms with Crippen LogP contribution in [0.2, 0.25) is 0 Å². The van der Waals surface area contributed by atoms with E-state index in [0.717, 1.165) is 11.3 Å². The molecule has 2 N–H and O–H groups in total. The summed E-state index contributed by atoms with van der Waals surface area (Å²) in [5, 5.41) is 3.17. The molecule has 0 unspecified atom stereocenters. The number of aromatic nitrogens is 4. The lowest BCUT2D eigenvalue weighted by atomic mass is 10.4. The van der Waals surface area contributed by atoms with Gasteiger partial charge in [-0.15, -0.1) is 12.4 Å². The van der Waals surface area contributed by atoms with Crippen molar-refractivity contribution < 1.29 is 4.42 Å². The summed E-state index contributed by atoms with van der Waals surface area (Å²) in [5.74, 6) is 1.54. The molecule has 3 aromatic rings. The first-order valence-electron chi connectivity index (χ1n) is 4.95. The van der Waals surface area contributed by atoms with Crippen LogP contribution < -0.4 is 5.32 Å². The van der Waals surface area contributed by atoms with Gasteiger partial charge in [0, 0.05) is 0 Å². The van der Waals surface area contributed by atoms with E-state index < -0.39 is 0 Å². The van der Waals surface area contributed by atoms with Crippen LogP contribution in [0.4, 0.5) is 5.82 Å². The maximum atomic E-state index is 5.23. The molecular weight excluding hydrogens is 322 g/mol. The fraction of sp³-hybridized carbons (Fsp3) is 0.100. The van der Waals surface area contributed by atoms with Gasteiger partial charge in [0.15, 0.2) is 16.2 Å². The lowest BCUT2D eigenvalue weighted by molar-refractivity contribution is 0.518. The highest BCUT2D eigenvalue weighted by molar-refractivity contribution is 9.10. The molecule has 0 atom stereocenters. The van der Waals surface area contributed by atoms with Gasteiger partial charge in [0.2, 0.25) is 0 Å². The first-order valence-corrected chi connectivity index (χ1v) is 5.75. The Morgan fingerprint density at radius 3 is 3.06 bits per heavy atom. The molecule has 18 heavy (non-hydrogen) atoms. The number of nitrogens with one attached hydrogen (secondary N) is 2. The van der Waals surface area contributed by atoms with Crippen LogP contribution in [0, 0.1) is 0 Å². The Balaban J connectivity index is 0.00000120. The van der Waals surface area contributed by atoms with Crippen LogP contribution in [-0.4, -0.2) is 19.9 Å². The van der Waals surface area contributed by atoms with Crippen molar-refractivity contribution in [1.29, 1.82) is 0 Å². The Bertz CT molecular complexity index is 639. The van der Waals surface area contributed by atoms with Crippen molar-refractivity contribution >= 4 is 45.3 Å². The minimum Gasteiger partial charge on any atom is -0.467 e. The van der Waals surface area contributed by atoms with Crippen LogP contribution in [0.1, 0.15) is 5.76 Å². The maximum absolute atomic E-state index is 5.23. The molecule has 0 amide bonds. The summed E-state index contributed by atoms with van der Waals surface area (Å²) in [6, 6.07) is 3.74. The van der Waals surface area contributed by atoms with Crippen molar-refractivity contribution in [2.45, 2.75) is 6.54 Å². The van der Waals surface area contributed by atoms with Crippen LogP contribution >= 0.6 is 28.3 Å². The van der Waals surface area contributed by atoms with E-state index >= 15 is 0 Å². The zero-order valence-corrected chi connectivity index (χ0v) is 11.5. The van der Waals surface area contributed by atoms with Gasteiger partial charge in [0.05, 0.1) is 12.8 Å². The van der Waals surface area contributed by atoms with Crippen LogP contribution in [0.15, 0.2) is 33.9 Å². The van der Waals surface area contributed by atoms with Gasteiger partial charge in [-0.25, -0.2) is 15.0 Å². The van der Waals surface area contributed by atoms with Gasteiger partial charge in [0.25, 0.3) is 0 Å². The van der Waals surface area contributed by atoms with Crippen molar-refractivity contribution in [2.75, 3.05) is 5.32 Å². The predicted octanol–water partition coefficient (Wildman–Crippen LogP) is 2.74. The molecule has 0 aliphatic rings. The molecule has 0 radical (unpaired) electrons. The number of halogens is 2. The fourth-order valence-corrected chi connectivity index (χ4v) is 1.88. The van der Waals surface area contributed by atoms with Crippen LogP contribution in [0.3, 0.4) is 0 Å². The number of imidazole rings is 1. The normalized spacial score (nSPS) is 10.3. The number of H-pyrrole nitrogens is 1. The quantitative estimate of drug-likeness (QED) is 0.722. The maximum Gasteiger partial charge on any atom is 0.183 e. The Hall–Kier alpha value is -1.60. The van der Waals surface area contributed by atoms with Crippen molar-refractivity contribution in [3.8, 4) is 0 Å². The Morgan fingerprint density at radius 2 is 2.28 bits per heavy atom. The number of hydrogen-bond donors (Lipinski definition) is 2. The summed E-state index contributed by atoms with van der Waals surface area (Å²) in [6.45, 7) is 0.565. The minimum absolute atomic E-state index is 0. The lowest BCUT2D eigenvalue weighted by Crippen LogP contribution is -2.01. The average molecular weight is 331 g/mol. The zero-order chi connectivity index (χ0) is 11.7. The smallest absolute Gasteiger partial charge is 0.183 e. The first-order chi connectivity index (χ1) is 8.33. The average Bonchev–Trinajstić information content (AvgIpc) is 2.93. The molecule has 3 aromatic heterocycles. The number of rotatable bonds is 3. The van der Waals surface area contributed by atoms with E-state index in [9.17, 15) is 0 Å². The molecule has 0 aromatic carbocycles. The Kier molecular flexibility index (Phi) is 3.83. The molecule has 3 rings (SSSR count). The van der Waals surface area contributed by atoms with Crippen LogP contribution in [-0.2, 0) is 6.54 Å². The van der Waals surface area contributed by atoms with E-state index in [2.05, 4.69) is 41.2 Å². The summed E-state index contributed by atoms with van der Waals surface area (Å²) < 4.78 is 5.86. The summed E-state index contributed by atoms with van der Waals surface area (Å²) in [7, 11) is 0. The first kappa shape index (κ1) is 12.8. The monoisotopic (exact) mass is 329 g/mol.